The Balaban J connectivity index is 2.22. The van der Waals surface area contributed by atoms with Gasteiger partial charge in [0.15, 0.2) is 0 Å². The van der Waals surface area contributed by atoms with Gasteiger partial charge < -0.3 is 9.47 Å². The van der Waals surface area contributed by atoms with Crippen LogP contribution in [0.25, 0.3) is 0 Å². The van der Waals surface area contributed by atoms with Crippen molar-refractivity contribution in [2.75, 3.05) is 13.7 Å². The van der Waals surface area contributed by atoms with Crippen molar-refractivity contribution < 1.29 is 14.3 Å². The van der Waals surface area contributed by atoms with E-state index in [4.69, 9.17) is 9.47 Å². The molecule has 0 spiro atoms. The lowest BCUT2D eigenvalue weighted by molar-refractivity contribution is -0.141. The van der Waals surface area contributed by atoms with Gasteiger partial charge in [0.25, 0.3) is 0 Å². The average molecular weight is 192 g/mol. The third-order valence-corrected chi connectivity index (χ3v) is 2.35. The van der Waals surface area contributed by atoms with Crippen LogP contribution in [0.5, 0.6) is 5.75 Å². The molecule has 1 aliphatic heterocycles. The number of esters is 1. The molecule has 1 aromatic carbocycles. The summed E-state index contributed by atoms with van der Waals surface area (Å²) in [6, 6.07) is 7.60. The number of fused-ring (bicyclic) bond motifs is 1. The Labute approximate surface area is 82.6 Å². The second kappa shape index (κ2) is 3.80. The summed E-state index contributed by atoms with van der Waals surface area (Å²) in [4.78, 5) is 11.4. The molecule has 3 nitrogen and oxygen atoms in total. The largest absolute Gasteiger partial charge is 0.426 e. The first-order valence-electron chi connectivity index (χ1n) is 4.60. The normalized spacial score (nSPS) is 20.1. The number of carbonyl (C=O) groups is 1. The molecule has 1 aliphatic rings. The number of hydrogen-bond donors (Lipinski definition) is 0. The van der Waals surface area contributed by atoms with Crippen LogP contribution < -0.4 is 4.74 Å². The zero-order chi connectivity index (χ0) is 9.97. The van der Waals surface area contributed by atoms with Crippen LogP contribution in [-0.2, 0) is 16.0 Å². The number of rotatable bonds is 2. The van der Waals surface area contributed by atoms with Crippen LogP contribution >= 0.6 is 0 Å². The van der Waals surface area contributed by atoms with E-state index in [1.807, 2.05) is 24.3 Å². The van der Waals surface area contributed by atoms with Crippen molar-refractivity contribution in [2.24, 2.45) is 5.92 Å². The minimum Gasteiger partial charge on any atom is -0.426 e. The van der Waals surface area contributed by atoms with E-state index in [2.05, 4.69) is 0 Å². The highest BCUT2D eigenvalue weighted by atomic mass is 16.5. The summed E-state index contributed by atoms with van der Waals surface area (Å²) in [5, 5.41) is 0. The molecule has 1 atom stereocenters. The molecule has 1 aromatic rings. The van der Waals surface area contributed by atoms with Crippen molar-refractivity contribution >= 4 is 5.97 Å². The number of para-hydroxylation sites is 1. The molecular weight excluding hydrogens is 180 g/mol. The van der Waals surface area contributed by atoms with Crippen LogP contribution in [-0.4, -0.2) is 19.7 Å². The first-order valence-corrected chi connectivity index (χ1v) is 4.60. The van der Waals surface area contributed by atoms with E-state index in [0.717, 1.165) is 5.56 Å². The zero-order valence-corrected chi connectivity index (χ0v) is 8.03. The summed E-state index contributed by atoms with van der Waals surface area (Å²) < 4.78 is 10.1. The van der Waals surface area contributed by atoms with Crippen LogP contribution in [0, 0.1) is 5.92 Å². The first kappa shape index (κ1) is 9.21. The lowest BCUT2D eigenvalue weighted by atomic mass is 9.97. The van der Waals surface area contributed by atoms with Crippen LogP contribution in [0.4, 0.5) is 0 Å². The fourth-order valence-corrected chi connectivity index (χ4v) is 1.64. The summed E-state index contributed by atoms with van der Waals surface area (Å²) >= 11 is 0. The minimum atomic E-state index is -0.189. The maximum Gasteiger partial charge on any atom is 0.317 e. The maximum absolute atomic E-state index is 11.4. The van der Waals surface area contributed by atoms with Gasteiger partial charge in [-0.05, 0) is 18.1 Å². The van der Waals surface area contributed by atoms with Gasteiger partial charge in [-0.1, -0.05) is 18.2 Å². The molecule has 0 radical (unpaired) electrons. The minimum absolute atomic E-state index is 0.158. The predicted molar refractivity (Wildman–Crippen MR) is 51.1 cm³/mol. The smallest absolute Gasteiger partial charge is 0.317 e. The van der Waals surface area contributed by atoms with Gasteiger partial charge in [-0.15, -0.1) is 0 Å². The number of hydrogen-bond acceptors (Lipinski definition) is 3. The lowest BCUT2D eigenvalue weighted by Crippen LogP contribution is -2.30. The third kappa shape index (κ3) is 1.63. The Hall–Kier alpha value is -1.35. The summed E-state index contributed by atoms with van der Waals surface area (Å²) in [6.45, 7) is 0.424. The fraction of sp³-hybridized carbons (Fsp3) is 0.364. The lowest BCUT2D eigenvalue weighted by Gasteiger charge is -2.22. The van der Waals surface area contributed by atoms with Gasteiger partial charge >= 0.3 is 5.97 Å². The van der Waals surface area contributed by atoms with Crippen LogP contribution in [0.3, 0.4) is 0 Å². The molecule has 0 saturated heterocycles. The Kier molecular flexibility index (Phi) is 2.50. The van der Waals surface area contributed by atoms with Gasteiger partial charge in [-0.2, -0.15) is 0 Å². The molecule has 0 aromatic heterocycles. The fourth-order valence-electron chi connectivity index (χ4n) is 1.64. The van der Waals surface area contributed by atoms with Crippen molar-refractivity contribution in [3.05, 3.63) is 29.8 Å². The van der Waals surface area contributed by atoms with E-state index in [1.54, 1.807) is 7.11 Å². The Morgan fingerprint density at radius 2 is 2.29 bits per heavy atom. The number of methoxy groups -OCH3 is 1. The predicted octanol–water partition coefficient (Wildman–Crippen LogP) is 1.41. The van der Waals surface area contributed by atoms with Gasteiger partial charge in [0, 0.05) is 7.11 Å². The van der Waals surface area contributed by atoms with Crippen molar-refractivity contribution in [3.8, 4) is 5.75 Å². The van der Waals surface area contributed by atoms with Crippen LogP contribution in [0.1, 0.15) is 5.56 Å². The van der Waals surface area contributed by atoms with Gasteiger partial charge in [0.1, 0.15) is 5.75 Å². The zero-order valence-electron chi connectivity index (χ0n) is 8.03. The summed E-state index contributed by atoms with van der Waals surface area (Å²) in [6.07, 6.45) is 0.711. The topological polar surface area (TPSA) is 35.5 Å². The van der Waals surface area contributed by atoms with E-state index in [0.29, 0.717) is 18.8 Å². The maximum atomic E-state index is 11.4. The molecule has 14 heavy (non-hydrogen) atoms. The highest BCUT2D eigenvalue weighted by Crippen LogP contribution is 2.27. The molecule has 74 valence electrons. The SMILES string of the molecule is COC[C@H]1Cc2ccccc2OC1=O. The Morgan fingerprint density at radius 1 is 1.50 bits per heavy atom. The molecule has 0 amide bonds. The second-order valence-electron chi connectivity index (χ2n) is 3.39. The molecule has 0 N–H and O–H groups in total. The number of benzene rings is 1. The monoisotopic (exact) mass is 192 g/mol. The molecule has 2 rings (SSSR count). The summed E-state index contributed by atoms with van der Waals surface area (Å²) in [5.74, 6) is 0.338. The van der Waals surface area contributed by atoms with Gasteiger partial charge in [-0.25, -0.2) is 0 Å². The number of ether oxygens (including phenoxy) is 2. The van der Waals surface area contributed by atoms with Gasteiger partial charge in [-0.3, -0.25) is 4.79 Å². The standard InChI is InChI=1S/C11H12O3/c1-13-7-9-6-8-4-2-3-5-10(8)14-11(9)12/h2-5,9H,6-7H2,1H3/t9-/m1/s1. The second-order valence-corrected chi connectivity index (χ2v) is 3.39. The molecule has 0 bridgehead atoms. The van der Waals surface area contributed by atoms with Gasteiger partial charge in [0.05, 0.1) is 12.5 Å². The molecule has 0 aliphatic carbocycles. The molecule has 1 heterocycles. The van der Waals surface area contributed by atoms with Crippen molar-refractivity contribution in [1.29, 1.82) is 0 Å². The first-order chi connectivity index (χ1) is 6.81. The Bertz CT molecular complexity index is 346. The van der Waals surface area contributed by atoms with Gasteiger partial charge in [0.2, 0.25) is 0 Å². The molecule has 0 saturated carbocycles. The Morgan fingerprint density at radius 3 is 3.07 bits per heavy atom. The average Bonchev–Trinajstić information content (AvgIpc) is 2.19. The van der Waals surface area contributed by atoms with E-state index in [1.165, 1.54) is 0 Å². The molecule has 0 fully saturated rings. The van der Waals surface area contributed by atoms with E-state index in [9.17, 15) is 4.79 Å². The molecule has 3 heteroatoms. The van der Waals surface area contributed by atoms with E-state index in [-0.39, 0.29) is 11.9 Å². The molecule has 0 unspecified atom stereocenters. The highest BCUT2D eigenvalue weighted by Gasteiger charge is 2.27. The van der Waals surface area contributed by atoms with Crippen molar-refractivity contribution in [2.45, 2.75) is 6.42 Å². The van der Waals surface area contributed by atoms with E-state index >= 15 is 0 Å². The highest BCUT2D eigenvalue weighted by molar-refractivity contribution is 5.78. The van der Waals surface area contributed by atoms with Crippen LogP contribution in [0.2, 0.25) is 0 Å². The number of carbonyl (C=O) groups excluding carboxylic acids is 1. The third-order valence-electron chi connectivity index (χ3n) is 2.35. The summed E-state index contributed by atoms with van der Waals surface area (Å²) in [7, 11) is 1.59. The van der Waals surface area contributed by atoms with E-state index < -0.39 is 0 Å². The summed E-state index contributed by atoms with van der Waals surface area (Å²) in [5.41, 5.74) is 1.08. The quantitative estimate of drug-likeness (QED) is 0.525. The van der Waals surface area contributed by atoms with Crippen molar-refractivity contribution in [1.82, 2.24) is 0 Å². The molecular formula is C11H12O3. The van der Waals surface area contributed by atoms with Crippen molar-refractivity contribution in [3.63, 3.8) is 0 Å². The van der Waals surface area contributed by atoms with Crippen LogP contribution in [0.15, 0.2) is 24.3 Å².